The van der Waals surface area contributed by atoms with E-state index in [0.717, 1.165) is 31.4 Å². The van der Waals surface area contributed by atoms with E-state index in [1.165, 1.54) is 6.07 Å². The average Bonchev–Trinajstić information content (AvgIpc) is 2.61. The van der Waals surface area contributed by atoms with Crippen LogP contribution in [0, 0.1) is 11.6 Å². The second kappa shape index (κ2) is 10.3. The van der Waals surface area contributed by atoms with Gasteiger partial charge in [0.05, 0.1) is 12.7 Å². The van der Waals surface area contributed by atoms with Crippen molar-refractivity contribution in [2.45, 2.75) is 38.2 Å². The van der Waals surface area contributed by atoms with Gasteiger partial charge in [0.2, 0.25) is 5.91 Å². The van der Waals surface area contributed by atoms with Crippen molar-refractivity contribution in [1.82, 2.24) is 4.90 Å². The fraction of sp³-hybridized carbons (Fsp3) is 0.611. The second-order valence-electron chi connectivity index (χ2n) is 6.12. The number of nitrogens with zero attached hydrogens (tertiary/aromatic N) is 1. The maximum atomic E-state index is 13.4. The van der Waals surface area contributed by atoms with Crippen LogP contribution in [0.2, 0.25) is 0 Å². The standard InChI is InChI=1S/C18H26F2N2O3/c19-14-4-5-17(16(20)13-14)25-11-1-3-18(23)22-9-6-15(7-10-22)24-12-2-8-21/h4-5,13,15H,1-3,6-12,21H2. The molecule has 1 heterocycles. The first-order valence-electron chi connectivity index (χ1n) is 8.77. The molecule has 1 fully saturated rings. The molecular formula is C18H26F2N2O3. The summed E-state index contributed by atoms with van der Waals surface area (Å²) in [6, 6.07) is 3.17. The lowest BCUT2D eigenvalue weighted by Crippen LogP contribution is -2.41. The Morgan fingerprint density at radius 2 is 1.96 bits per heavy atom. The number of rotatable bonds is 9. The van der Waals surface area contributed by atoms with Gasteiger partial charge in [-0.05, 0) is 44.4 Å². The van der Waals surface area contributed by atoms with Crippen molar-refractivity contribution in [3.8, 4) is 5.75 Å². The summed E-state index contributed by atoms with van der Waals surface area (Å²) in [7, 11) is 0. The molecule has 0 radical (unpaired) electrons. The molecule has 1 aromatic carbocycles. The summed E-state index contributed by atoms with van der Waals surface area (Å²) in [6.45, 7) is 2.90. The van der Waals surface area contributed by atoms with Crippen LogP contribution in [0.5, 0.6) is 5.75 Å². The quantitative estimate of drug-likeness (QED) is 0.691. The van der Waals surface area contributed by atoms with Crippen LogP contribution in [0.3, 0.4) is 0 Å². The molecule has 5 nitrogen and oxygen atoms in total. The van der Waals surface area contributed by atoms with Crippen molar-refractivity contribution in [2.75, 3.05) is 32.8 Å². The van der Waals surface area contributed by atoms with Crippen molar-refractivity contribution in [3.63, 3.8) is 0 Å². The molecule has 1 aliphatic heterocycles. The van der Waals surface area contributed by atoms with Crippen LogP contribution in [-0.2, 0) is 9.53 Å². The third-order valence-electron chi connectivity index (χ3n) is 4.18. The first-order chi connectivity index (χ1) is 12.1. The molecule has 1 amide bonds. The van der Waals surface area contributed by atoms with Gasteiger partial charge in [0.15, 0.2) is 11.6 Å². The van der Waals surface area contributed by atoms with E-state index in [9.17, 15) is 13.6 Å². The van der Waals surface area contributed by atoms with Crippen molar-refractivity contribution in [1.29, 1.82) is 0 Å². The zero-order valence-electron chi connectivity index (χ0n) is 14.4. The fourth-order valence-corrected chi connectivity index (χ4v) is 2.76. The summed E-state index contributed by atoms with van der Waals surface area (Å²) in [5.41, 5.74) is 5.44. The van der Waals surface area contributed by atoms with Crippen molar-refractivity contribution < 1.29 is 23.0 Å². The molecule has 1 aliphatic rings. The van der Waals surface area contributed by atoms with Gasteiger partial charge in [-0.2, -0.15) is 0 Å². The maximum absolute atomic E-state index is 13.4. The van der Waals surface area contributed by atoms with Crippen LogP contribution in [0.15, 0.2) is 18.2 Å². The Labute approximate surface area is 147 Å². The molecule has 0 aromatic heterocycles. The van der Waals surface area contributed by atoms with Gasteiger partial charge in [0.1, 0.15) is 5.82 Å². The number of carbonyl (C=O) groups is 1. The molecule has 7 heteroatoms. The van der Waals surface area contributed by atoms with E-state index in [2.05, 4.69) is 0 Å². The maximum Gasteiger partial charge on any atom is 0.222 e. The van der Waals surface area contributed by atoms with Gasteiger partial charge in [0.25, 0.3) is 0 Å². The minimum absolute atomic E-state index is 0.00397. The smallest absolute Gasteiger partial charge is 0.222 e. The van der Waals surface area contributed by atoms with E-state index in [4.69, 9.17) is 15.2 Å². The Hall–Kier alpha value is -1.73. The summed E-state index contributed by atoms with van der Waals surface area (Å²) in [5, 5.41) is 0. The topological polar surface area (TPSA) is 64.8 Å². The van der Waals surface area contributed by atoms with E-state index in [0.29, 0.717) is 39.1 Å². The average molecular weight is 356 g/mol. The number of nitrogens with two attached hydrogens (primary N) is 1. The van der Waals surface area contributed by atoms with E-state index in [1.54, 1.807) is 0 Å². The SMILES string of the molecule is NCCCOC1CCN(C(=O)CCCOc2ccc(F)cc2F)CC1. The third kappa shape index (κ3) is 6.59. The summed E-state index contributed by atoms with van der Waals surface area (Å²) in [6.07, 6.45) is 3.58. The van der Waals surface area contributed by atoms with Crippen LogP contribution < -0.4 is 10.5 Å². The second-order valence-corrected chi connectivity index (χ2v) is 6.12. The number of hydrogen-bond donors (Lipinski definition) is 1. The predicted octanol–water partition coefficient (Wildman–Crippen LogP) is 2.48. The summed E-state index contributed by atoms with van der Waals surface area (Å²) in [4.78, 5) is 14.0. The largest absolute Gasteiger partial charge is 0.491 e. The van der Waals surface area contributed by atoms with Gasteiger partial charge < -0.3 is 20.1 Å². The van der Waals surface area contributed by atoms with E-state index in [1.807, 2.05) is 4.90 Å². The number of ether oxygens (including phenoxy) is 2. The Morgan fingerprint density at radius 1 is 1.20 bits per heavy atom. The first-order valence-corrected chi connectivity index (χ1v) is 8.77. The highest BCUT2D eigenvalue weighted by molar-refractivity contribution is 5.76. The van der Waals surface area contributed by atoms with Gasteiger partial charge in [-0.15, -0.1) is 0 Å². The predicted molar refractivity (Wildman–Crippen MR) is 90.3 cm³/mol. The number of halogens is 2. The highest BCUT2D eigenvalue weighted by atomic mass is 19.1. The number of carbonyl (C=O) groups excluding carboxylic acids is 1. The monoisotopic (exact) mass is 356 g/mol. The van der Waals surface area contributed by atoms with Crippen molar-refractivity contribution in [2.24, 2.45) is 5.73 Å². The number of piperidine rings is 1. The van der Waals surface area contributed by atoms with E-state index >= 15 is 0 Å². The molecule has 1 aromatic rings. The van der Waals surface area contributed by atoms with Crippen LogP contribution in [-0.4, -0.2) is 49.8 Å². The van der Waals surface area contributed by atoms with Gasteiger partial charge in [-0.25, -0.2) is 8.78 Å². The van der Waals surface area contributed by atoms with Crippen LogP contribution in [0.4, 0.5) is 8.78 Å². The van der Waals surface area contributed by atoms with Crippen LogP contribution in [0.25, 0.3) is 0 Å². The zero-order valence-corrected chi connectivity index (χ0v) is 14.4. The summed E-state index contributed by atoms with van der Waals surface area (Å²) >= 11 is 0. The van der Waals surface area contributed by atoms with Crippen molar-refractivity contribution in [3.05, 3.63) is 29.8 Å². The molecule has 0 bridgehead atoms. The third-order valence-corrected chi connectivity index (χ3v) is 4.18. The molecule has 2 rings (SSSR count). The molecule has 0 saturated carbocycles. The molecule has 0 spiro atoms. The van der Waals surface area contributed by atoms with Gasteiger partial charge in [0, 0.05) is 32.2 Å². The molecule has 0 unspecified atom stereocenters. The number of hydrogen-bond acceptors (Lipinski definition) is 4. The molecular weight excluding hydrogens is 330 g/mol. The Morgan fingerprint density at radius 3 is 2.64 bits per heavy atom. The summed E-state index contributed by atoms with van der Waals surface area (Å²) in [5.74, 6) is -1.30. The molecule has 25 heavy (non-hydrogen) atoms. The minimum Gasteiger partial charge on any atom is -0.491 e. The first kappa shape index (κ1) is 19.6. The van der Waals surface area contributed by atoms with Crippen molar-refractivity contribution >= 4 is 5.91 Å². The molecule has 2 N–H and O–H groups in total. The molecule has 1 saturated heterocycles. The minimum atomic E-state index is -0.733. The number of amides is 1. The van der Waals surface area contributed by atoms with Crippen LogP contribution >= 0.6 is 0 Å². The van der Waals surface area contributed by atoms with Crippen LogP contribution in [0.1, 0.15) is 32.1 Å². The fourth-order valence-electron chi connectivity index (χ4n) is 2.76. The van der Waals surface area contributed by atoms with E-state index in [-0.39, 0.29) is 24.4 Å². The van der Waals surface area contributed by atoms with E-state index < -0.39 is 11.6 Å². The lowest BCUT2D eigenvalue weighted by Gasteiger charge is -2.32. The molecule has 0 atom stereocenters. The van der Waals surface area contributed by atoms with Gasteiger partial charge in [-0.3, -0.25) is 4.79 Å². The highest BCUT2D eigenvalue weighted by Crippen LogP contribution is 2.18. The molecule has 140 valence electrons. The Bertz CT molecular complexity index is 549. The highest BCUT2D eigenvalue weighted by Gasteiger charge is 2.22. The Balaban J connectivity index is 1.61. The number of likely N-dealkylation sites (tertiary alicyclic amines) is 1. The molecule has 0 aliphatic carbocycles. The lowest BCUT2D eigenvalue weighted by atomic mass is 10.1. The summed E-state index contributed by atoms with van der Waals surface area (Å²) < 4.78 is 37.2. The normalized spacial score (nSPS) is 15.4. The Kier molecular flexibility index (Phi) is 8.08. The zero-order chi connectivity index (χ0) is 18.1. The lowest BCUT2D eigenvalue weighted by molar-refractivity contribution is -0.134. The van der Waals surface area contributed by atoms with Gasteiger partial charge in [-0.1, -0.05) is 0 Å². The van der Waals surface area contributed by atoms with Gasteiger partial charge >= 0.3 is 0 Å². The number of benzene rings is 1.